The number of aliphatic hydroxyl groups is 2. The van der Waals surface area contributed by atoms with Gasteiger partial charge in [0.25, 0.3) is 0 Å². The van der Waals surface area contributed by atoms with Crippen molar-refractivity contribution in [2.45, 2.75) is 88.6 Å². The van der Waals surface area contributed by atoms with Crippen LogP contribution in [0, 0.1) is 11.8 Å². The topological polar surface area (TPSA) is 120 Å². The minimum Gasteiger partial charge on any atom is -0.506 e. The molecule has 3 aromatic rings. The summed E-state index contributed by atoms with van der Waals surface area (Å²) < 4.78 is 14.0. The number of hydrogen-bond donors (Lipinski definition) is 5. The Kier molecular flexibility index (Phi) is 12.0. The number of phenolic OH excluding ortho intramolecular Hbond substituents is 1. The van der Waals surface area contributed by atoms with E-state index in [0.717, 1.165) is 54.6 Å². The Bertz CT molecular complexity index is 1550. The molecule has 2 bridgehead atoms. The number of hydrogen-bond acceptors (Lipinski definition) is 7. The zero-order chi connectivity index (χ0) is 35.9. The van der Waals surface area contributed by atoms with Crippen LogP contribution in [0.15, 0.2) is 72.8 Å². The molecule has 1 unspecified atom stereocenters. The summed E-state index contributed by atoms with van der Waals surface area (Å²) >= 11 is 0. The highest BCUT2D eigenvalue weighted by Crippen LogP contribution is 2.43. The average molecular weight is 701 g/mol. The lowest BCUT2D eigenvalue weighted by Gasteiger charge is -2.53. The molecule has 3 saturated heterocycles. The molecule has 276 valence electrons. The zero-order valence-corrected chi connectivity index (χ0v) is 30.4. The summed E-state index contributed by atoms with van der Waals surface area (Å²) in [6, 6.07) is 23.2. The molecule has 51 heavy (non-hydrogen) atoms. The summed E-state index contributed by atoms with van der Waals surface area (Å²) in [5.74, 6) is 1.68. The normalized spacial score (nSPS) is 23.8. The number of carbonyl (C=O) groups is 1. The molecule has 9 nitrogen and oxygen atoms in total. The first-order valence-electron chi connectivity index (χ1n) is 19.0. The molecule has 4 aliphatic rings. The van der Waals surface area contributed by atoms with E-state index < -0.39 is 11.7 Å². The second-order valence-corrected chi connectivity index (χ2v) is 16.0. The van der Waals surface area contributed by atoms with Crippen LogP contribution in [-0.4, -0.2) is 83.8 Å². The van der Waals surface area contributed by atoms with Crippen molar-refractivity contribution in [1.29, 1.82) is 0 Å². The highest BCUT2D eigenvalue weighted by molar-refractivity contribution is 5.75. The molecule has 5 N–H and O–H groups in total. The SMILES string of the molecule is CC(C)(Cc1ccc(OCCC[N+]23CCC(CC2)[C@@H](OCC(O)(c2ccccc2)C2CCCC2)C3)cc1)NC[C@H](O)c1ccc(O)c(NC=O)c1. The van der Waals surface area contributed by atoms with Crippen molar-refractivity contribution in [2.24, 2.45) is 11.8 Å². The van der Waals surface area contributed by atoms with Gasteiger partial charge in [-0.05, 0) is 80.0 Å². The summed E-state index contributed by atoms with van der Waals surface area (Å²) in [5.41, 5.74) is 1.85. The first-order valence-corrected chi connectivity index (χ1v) is 19.0. The average Bonchev–Trinajstić information content (AvgIpc) is 3.70. The molecule has 7 rings (SSSR count). The van der Waals surface area contributed by atoms with E-state index in [1.54, 1.807) is 12.1 Å². The van der Waals surface area contributed by atoms with Gasteiger partial charge in [-0.2, -0.15) is 0 Å². The van der Waals surface area contributed by atoms with E-state index in [1.807, 2.05) is 30.3 Å². The number of anilines is 1. The van der Waals surface area contributed by atoms with Gasteiger partial charge in [0, 0.05) is 37.3 Å². The van der Waals surface area contributed by atoms with Crippen LogP contribution in [0.4, 0.5) is 5.69 Å². The van der Waals surface area contributed by atoms with Crippen LogP contribution in [0.3, 0.4) is 0 Å². The highest BCUT2D eigenvalue weighted by atomic mass is 16.5. The zero-order valence-electron chi connectivity index (χ0n) is 30.4. The van der Waals surface area contributed by atoms with Crippen LogP contribution in [-0.2, 0) is 21.6 Å². The predicted molar refractivity (Wildman–Crippen MR) is 200 cm³/mol. The molecular formula is C42H58N3O6+. The van der Waals surface area contributed by atoms with Crippen molar-refractivity contribution in [1.82, 2.24) is 5.32 Å². The number of quaternary nitrogens is 1. The van der Waals surface area contributed by atoms with Gasteiger partial charge < -0.3 is 39.9 Å². The Hall–Kier alpha value is -3.47. The third-order valence-corrected chi connectivity index (χ3v) is 11.9. The number of nitrogens with zero attached hydrogens (tertiary/aromatic N) is 1. The molecule has 3 atom stereocenters. The van der Waals surface area contributed by atoms with Gasteiger partial charge in [-0.1, -0.05) is 61.4 Å². The Morgan fingerprint density at radius 2 is 1.71 bits per heavy atom. The molecule has 3 aliphatic heterocycles. The van der Waals surface area contributed by atoms with E-state index in [2.05, 4.69) is 48.7 Å². The third kappa shape index (κ3) is 9.31. The number of fused-ring (bicyclic) bond motifs is 3. The molecule has 0 spiro atoms. The highest BCUT2D eigenvalue weighted by Gasteiger charge is 2.48. The lowest BCUT2D eigenvalue weighted by Crippen LogP contribution is -2.65. The standard InChI is InChI=1S/C42H57N3O6/c1-41(2,44-27-39(48)33-15-18-38(47)37(25-33)43-30-46)26-31-13-16-36(17-14-31)50-24-8-21-45-22-19-32(20-23-45)40(28-45)51-29-42(49,35-11-6-7-12-35)34-9-4-3-5-10-34/h3-5,9-10,13-18,25,30,32,35,39-40,44,48-49H,6-8,11-12,19-24,26-29H2,1-2H3,(H-,43,46,47)/p+1/t32?,39-,40-,42?,45?/m0/s1. The number of piperidine rings is 3. The Labute approximate surface area is 303 Å². The van der Waals surface area contributed by atoms with Gasteiger partial charge in [-0.15, -0.1) is 0 Å². The maximum absolute atomic E-state index is 12.0. The summed E-state index contributed by atoms with van der Waals surface area (Å²) in [4.78, 5) is 10.8. The van der Waals surface area contributed by atoms with Gasteiger partial charge in [0.2, 0.25) is 6.41 Å². The summed E-state index contributed by atoms with van der Waals surface area (Å²) in [6.45, 7) is 10.1. The maximum Gasteiger partial charge on any atom is 0.211 e. The van der Waals surface area contributed by atoms with Gasteiger partial charge in [0.05, 0.1) is 44.6 Å². The van der Waals surface area contributed by atoms with Gasteiger partial charge in [0.1, 0.15) is 29.7 Å². The second kappa shape index (κ2) is 16.5. The van der Waals surface area contributed by atoms with Gasteiger partial charge in [0.15, 0.2) is 0 Å². The summed E-state index contributed by atoms with van der Waals surface area (Å²) in [6.07, 6.45) is 8.56. The molecule has 1 aliphatic carbocycles. The summed E-state index contributed by atoms with van der Waals surface area (Å²) in [5, 5.41) is 38.6. The van der Waals surface area contributed by atoms with Gasteiger partial charge in [-0.3, -0.25) is 4.79 Å². The molecule has 0 aromatic heterocycles. The predicted octanol–water partition coefficient (Wildman–Crippen LogP) is 6.08. The van der Waals surface area contributed by atoms with Crippen molar-refractivity contribution in [2.75, 3.05) is 51.3 Å². The van der Waals surface area contributed by atoms with E-state index in [0.29, 0.717) is 37.6 Å². The summed E-state index contributed by atoms with van der Waals surface area (Å²) in [7, 11) is 0. The number of nitrogens with one attached hydrogen (secondary N) is 2. The number of aromatic hydroxyl groups is 1. The number of amides is 1. The van der Waals surface area contributed by atoms with E-state index >= 15 is 0 Å². The largest absolute Gasteiger partial charge is 0.506 e. The monoisotopic (exact) mass is 700 g/mol. The van der Waals surface area contributed by atoms with E-state index in [9.17, 15) is 20.1 Å². The number of rotatable bonds is 18. The molecule has 9 heteroatoms. The van der Waals surface area contributed by atoms with Gasteiger partial charge >= 0.3 is 0 Å². The molecular weight excluding hydrogens is 642 g/mol. The van der Waals surface area contributed by atoms with E-state index in [4.69, 9.17) is 9.47 Å². The second-order valence-electron chi connectivity index (χ2n) is 16.0. The van der Waals surface area contributed by atoms with Crippen LogP contribution in [0.1, 0.15) is 81.6 Å². The Balaban J connectivity index is 0.944. The molecule has 3 heterocycles. The maximum atomic E-state index is 12.0. The first-order chi connectivity index (χ1) is 24.6. The Morgan fingerprint density at radius 1 is 0.980 bits per heavy atom. The number of aliphatic hydroxyl groups excluding tert-OH is 1. The van der Waals surface area contributed by atoms with Gasteiger partial charge in [-0.25, -0.2) is 0 Å². The first kappa shape index (κ1) is 37.3. The molecule has 0 radical (unpaired) electrons. The number of ether oxygens (including phenoxy) is 2. The van der Waals surface area contributed by atoms with Crippen LogP contribution in [0.25, 0.3) is 0 Å². The number of benzene rings is 3. The number of β-amino-alcohol motifs (C(OH)–C–C–N with tert-alkyl or cyclic N) is 1. The van der Waals surface area contributed by atoms with Crippen LogP contribution in [0.2, 0.25) is 0 Å². The Morgan fingerprint density at radius 3 is 2.41 bits per heavy atom. The third-order valence-electron chi connectivity index (χ3n) is 11.9. The number of phenols is 1. The fourth-order valence-corrected chi connectivity index (χ4v) is 8.82. The van der Waals surface area contributed by atoms with Crippen LogP contribution < -0.4 is 15.4 Å². The molecule has 4 fully saturated rings. The van der Waals surface area contributed by atoms with E-state index in [1.165, 1.54) is 50.4 Å². The van der Waals surface area contributed by atoms with Crippen molar-refractivity contribution < 1.29 is 34.1 Å². The minimum atomic E-state index is -0.914. The molecule has 3 aromatic carbocycles. The van der Waals surface area contributed by atoms with E-state index in [-0.39, 0.29) is 29.0 Å². The van der Waals surface area contributed by atoms with Crippen molar-refractivity contribution in [3.05, 3.63) is 89.5 Å². The lowest BCUT2D eigenvalue weighted by molar-refractivity contribution is -0.946. The number of carbonyl (C=O) groups excluding carboxylic acids is 1. The molecule has 1 amide bonds. The molecule has 1 saturated carbocycles. The van der Waals surface area contributed by atoms with Crippen molar-refractivity contribution >= 4 is 12.1 Å². The van der Waals surface area contributed by atoms with Crippen molar-refractivity contribution in [3.8, 4) is 11.5 Å². The smallest absolute Gasteiger partial charge is 0.211 e. The quantitative estimate of drug-likeness (QED) is 0.0473. The lowest BCUT2D eigenvalue weighted by atomic mass is 9.80. The minimum absolute atomic E-state index is 0.0446. The fraction of sp³-hybridized carbons (Fsp3) is 0.548. The van der Waals surface area contributed by atoms with Crippen LogP contribution in [0.5, 0.6) is 11.5 Å². The van der Waals surface area contributed by atoms with Crippen molar-refractivity contribution in [3.63, 3.8) is 0 Å². The van der Waals surface area contributed by atoms with Crippen LogP contribution >= 0.6 is 0 Å². The fourth-order valence-electron chi connectivity index (χ4n) is 8.82.